The van der Waals surface area contributed by atoms with Gasteiger partial charge in [-0.2, -0.15) is 0 Å². The molecule has 0 atom stereocenters. The van der Waals surface area contributed by atoms with Crippen LogP contribution in [0.4, 0.5) is 34.1 Å². The smallest absolute Gasteiger partial charge is 0.0562 e. The molecular weight excluding hydrogens is 1020 g/mol. The third-order valence-electron chi connectivity index (χ3n) is 19.3. The second-order valence-electron chi connectivity index (χ2n) is 25.0. The van der Waals surface area contributed by atoms with Crippen LogP contribution in [0.15, 0.2) is 206 Å². The predicted octanol–water partition coefficient (Wildman–Crippen LogP) is 22.3. The summed E-state index contributed by atoms with van der Waals surface area (Å²) in [5.74, 6) is 0.498. The standard InChI is InChI=1S/C80H70N4/c1-49(2)65-47-75(83(67-29-15-21-53-19-7-9-23-57(53)67)73-33-17-31-71-79(73)61-25-11-13-27-69(61)81(71)55-39-35-51(5)36-40-55)63-46-44-60-66(50(3)4)48-76(64-45-43-59(65)77(63)78(60)64)84(68-30-16-22-54-20-8-10-24-58(54)68)74-34-18-32-72-80(74)62-26-12-14-28-70(62)82(72)56-41-37-52(6)38-42-56/h11-18,21-22,25-50H,7-10,19-20,23-24H2,1-6H3. The van der Waals surface area contributed by atoms with Gasteiger partial charge < -0.3 is 18.9 Å². The van der Waals surface area contributed by atoms with E-state index < -0.39 is 0 Å². The predicted molar refractivity (Wildman–Crippen MR) is 359 cm³/mol. The van der Waals surface area contributed by atoms with Gasteiger partial charge in [-0.15, -0.1) is 0 Å². The molecule has 0 unspecified atom stereocenters. The van der Waals surface area contributed by atoms with E-state index in [4.69, 9.17) is 0 Å². The van der Waals surface area contributed by atoms with Gasteiger partial charge in [0.1, 0.15) is 0 Å². The van der Waals surface area contributed by atoms with Gasteiger partial charge in [-0.25, -0.2) is 0 Å². The van der Waals surface area contributed by atoms with Crippen molar-refractivity contribution in [1.82, 2.24) is 9.13 Å². The molecule has 2 heterocycles. The molecule has 0 amide bonds. The fourth-order valence-electron chi connectivity index (χ4n) is 15.4. The number of fused-ring (bicyclic) bond motifs is 8. The molecule has 0 fully saturated rings. The minimum atomic E-state index is 0.249. The van der Waals surface area contributed by atoms with Crippen molar-refractivity contribution in [2.45, 2.75) is 105 Å². The molecule has 0 N–H and O–H groups in total. The first kappa shape index (κ1) is 50.6. The molecule has 4 nitrogen and oxygen atoms in total. The highest BCUT2D eigenvalue weighted by Crippen LogP contribution is 2.55. The normalized spacial score (nSPS) is 13.7. The summed E-state index contributed by atoms with van der Waals surface area (Å²) in [4.78, 5) is 5.43. The maximum absolute atomic E-state index is 2.72. The number of nitrogens with zero attached hydrogens (tertiary/aromatic N) is 4. The van der Waals surface area contributed by atoms with Crippen LogP contribution in [0, 0.1) is 13.8 Å². The van der Waals surface area contributed by atoms with Crippen molar-refractivity contribution in [2.75, 3.05) is 9.80 Å². The van der Waals surface area contributed by atoms with Crippen molar-refractivity contribution < 1.29 is 0 Å². The molecule has 4 heteroatoms. The van der Waals surface area contributed by atoms with Crippen molar-refractivity contribution in [3.05, 3.63) is 251 Å². The fourth-order valence-corrected chi connectivity index (χ4v) is 15.4. The zero-order valence-corrected chi connectivity index (χ0v) is 49.2. The first-order chi connectivity index (χ1) is 41.2. The maximum atomic E-state index is 2.72. The molecule has 2 aliphatic carbocycles. The Balaban J connectivity index is 1.03. The molecular formula is C80H70N4. The lowest BCUT2D eigenvalue weighted by atomic mass is 9.83. The second-order valence-corrected chi connectivity index (χ2v) is 25.0. The number of anilines is 6. The van der Waals surface area contributed by atoms with Gasteiger partial charge in [0.15, 0.2) is 0 Å². The van der Waals surface area contributed by atoms with Crippen LogP contribution < -0.4 is 9.80 Å². The van der Waals surface area contributed by atoms with Gasteiger partial charge >= 0.3 is 0 Å². The fraction of sp³-hybridized carbons (Fsp3) is 0.200. The van der Waals surface area contributed by atoms with Crippen LogP contribution in [0.1, 0.15) is 110 Å². The Kier molecular flexibility index (Phi) is 11.9. The summed E-state index contributed by atoms with van der Waals surface area (Å²) >= 11 is 0. The molecule has 0 bridgehead atoms. The lowest BCUT2D eigenvalue weighted by molar-refractivity contribution is 0.686. The van der Waals surface area contributed by atoms with Crippen LogP contribution in [0.3, 0.4) is 0 Å². The molecule has 12 aromatic carbocycles. The van der Waals surface area contributed by atoms with Crippen LogP contribution in [0.5, 0.6) is 0 Å². The summed E-state index contributed by atoms with van der Waals surface area (Å²) in [7, 11) is 0. The molecule has 14 aromatic rings. The molecule has 2 aliphatic rings. The van der Waals surface area contributed by atoms with Crippen molar-refractivity contribution in [1.29, 1.82) is 0 Å². The van der Waals surface area contributed by atoms with Gasteiger partial charge in [0.05, 0.1) is 44.8 Å². The van der Waals surface area contributed by atoms with E-state index in [9.17, 15) is 0 Å². The largest absolute Gasteiger partial charge is 0.309 e. The van der Waals surface area contributed by atoms with Crippen molar-refractivity contribution in [2.24, 2.45) is 0 Å². The summed E-state index contributed by atoms with van der Waals surface area (Å²) < 4.78 is 4.97. The van der Waals surface area contributed by atoms with Gasteiger partial charge in [0, 0.05) is 55.1 Å². The molecule has 0 radical (unpaired) electrons. The molecule has 2 aromatic heterocycles. The molecule has 0 aliphatic heterocycles. The Hall–Kier alpha value is -9.12. The Morgan fingerprint density at radius 1 is 0.310 bits per heavy atom. The number of rotatable bonds is 10. The number of aromatic nitrogens is 2. The summed E-state index contributed by atoms with van der Waals surface area (Å²) in [5, 5.41) is 13.0. The Bertz CT molecular complexity index is 4620. The van der Waals surface area contributed by atoms with Gasteiger partial charge in [0.25, 0.3) is 0 Å². The summed E-state index contributed by atoms with van der Waals surface area (Å²) in [5.41, 5.74) is 25.8. The first-order valence-electron chi connectivity index (χ1n) is 31.0. The Morgan fingerprint density at radius 3 is 1.11 bits per heavy atom. The minimum absolute atomic E-state index is 0.249. The zero-order valence-electron chi connectivity index (χ0n) is 49.2. The monoisotopic (exact) mass is 1090 g/mol. The highest BCUT2D eigenvalue weighted by Gasteiger charge is 2.32. The van der Waals surface area contributed by atoms with E-state index in [1.807, 2.05) is 0 Å². The first-order valence-corrected chi connectivity index (χ1v) is 31.0. The summed E-state index contributed by atoms with van der Waals surface area (Å²) in [6.45, 7) is 14.0. The van der Waals surface area contributed by atoms with Crippen LogP contribution >= 0.6 is 0 Å². The lowest BCUT2D eigenvalue weighted by Crippen LogP contribution is -2.17. The molecule has 0 saturated heterocycles. The third-order valence-corrected chi connectivity index (χ3v) is 19.3. The highest BCUT2D eigenvalue weighted by molar-refractivity contribution is 6.30. The zero-order chi connectivity index (χ0) is 56.5. The third kappa shape index (κ3) is 7.72. The van der Waals surface area contributed by atoms with Crippen LogP contribution in [-0.2, 0) is 25.7 Å². The number of para-hydroxylation sites is 2. The van der Waals surface area contributed by atoms with E-state index >= 15 is 0 Å². The van der Waals surface area contributed by atoms with Gasteiger partial charge in [-0.1, -0.05) is 160 Å². The minimum Gasteiger partial charge on any atom is -0.309 e. The lowest BCUT2D eigenvalue weighted by Gasteiger charge is -2.34. The van der Waals surface area contributed by atoms with E-state index in [1.54, 1.807) is 0 Å². The molecule has 0 saturated carbocycles. The number of hydrogen-bond acceptors (Lipinski definition) is 2. The SMILES string of the molecule is Cc1ccc(-n2c3ccccc3c3c(N(c4cccc5c4CCCC5)c4cc(C(C)C)c5ccc6c(N(c7cccc8c7CCCC8)c7cccc8c7c7ccccc7n8-c7ccc(C)cc7)cc(C(C)C)c7ccc4c5c76)cccc32)cc1. The van der Waals surface area contributed by atoms with Crippen molar-refractivity contribution in [3.63, 3.8) is 0 Å². The van der Waals surface area contributed by atoms with Crippen molar-refractivity contribution >= 4 is 110 Å². The molecule has 0 spiro atoms. The average Bonchev–Trinajstić information content (AvgIpc) is 1.06. The topological polar surface area (TPSA) is 16.3 Å². The summed E-state index contributed by atoms with van der Waals surface area (Å²) in [6, 6.07) is 79.9. The second kappa shape index (κ2) is 19.8. The quantitative estimate of drug-likeness (QED) is 0.127. The van der Waals surface area contributed by atoms with Crippen LogP contribution in [-0.4, -0.2) is 9.13 Å². The number of benzene rings is 12. The van der Waals surface area contributed by atoms with E-state index in [0.29, 0.717) is 0 Å². The van der Waals surface area contributed by atoms with Crippen LogP contribution in [0.25, 0.3) is 87.3 Å². The van der Waals surface area contributed by atoms with Gasteiger partial charge in [0.2, 0.25) is 0 Å². The van der Waals surface area contributed by atoms with Gasteiger partial charge in [-0.05, 0) is 217 Å². The van der Waals surface area contributed by atoms with E-state index in [1.165, 1.54) is 192 Å². The Morgan fingerprint density at radius 2 is 0.679 bits per heavy atom. The van der Waals surface area contributed by atoms with Crippen molar-refractivity contribution in [3.8, 4) is 11.4 Å². The maximum Gasteiger partial charge on any atom is 0.0562 e. The van der Waals surface area contributed by atoms with E-state index in [2.05, 4.69) is 267 Å². The number of hydrogen-bond donors (Lipinski definition) is 0. The van der Waals surface area contributed by atoms with E-state index in [-0.39, 0.29) is 11.8 Å². The highest BCUT2D eigenvalue weighted by atomic mass is 15.2. The van der Waals surface area contributed by atoms with E-state index in [0.717, 1.165) is 25.7 Å². The molecule has 84 heavy (non-hydrogen) atoms. The van der Waals surface area contributed by atoms with Gasteiger partial charge in [-0.3, -0.25) is 0 Å². The Labute approximate surface area is 493 Å². The van der Waals surface area contributed by atoms with Crippen LogP contribution in [0.2, 0.25) is 0 Å². The molecule has 410 valence electrons. The summed E-state index contributed by atoms with van der Waals surface area (Å²) in [6.07, 6.45) is 9.14. The molecule has 16 rings (SSSR count). The average molecular weight is 1090 g/mol. The number of aryl methyl sites for hydroxylation is 4.